The molecule has 3 nitrogen and oxygen atoms in total. The van der Waals surface area contributed by atoms with E-state index in [0.29, 0.717) is 11.3 Å². The fraction of sp³-hybridized carbons (Fsp3) is 0.300. The lowest BCUT2D eigenvalue weighted by Gasteiger charge is -2.08. The molecule has 1 aromatic carbocycles. The summed E-state index contributed by atoms with van der Waals surface area (Å²) >= 11 is 0. The average Bonchev–Trinajstić information content (AvgIpc) is 2.17. The van der Waals surface area contributed by atoms with E-state index in [-0.39, 0.29) is 0 Å². The molecule has 68 valence electrons. The summed E-state index contributed by atoms with van der Waals surface area (Å²) in [6.45, 7) is 1.89. The van der Waals surface area contributed by atoms with Gasteiger partial charge in [-0.05, 0) is 18.6 Å². The molecule has 0 amide bonds. The molecule has 0 unspecified atom stereocenters. The molecule has 0 N–H and O–H groups in total. The van der Waals surface area contributed by atoms with Crippen molar-refractivity contribution in [1.29, 1.82) is 5.26 Å². The maximum absolute atomic E-state index is 8.77. The SMILES string of the molecule is COc1cc(OC)c(C#N)cc1C. The molecule has 0 fully saturated rings. The maximum Gasteiger partial charge on any atom is 0.140 e. The highest BCUT2D eigenvalue weighted by atomic mass is 16.5. The Kier molecular flexibility index (Phi) is 2.76. The molecule has 0 heterocycles. The van der Waals surface area contributed by atoms with Crippen LogP contribution in [-0.4, -0.2) is 14.2 Å². The van der Waals surface area contributed by atoms with Gasteiger partial charge in [-0.1, -0.05) is 0 Å². The second kappa shape index (κ2) is 3.81. The van der Waals surface area contributed by atoms with Gasteiger partial charge in [-0.3, -0.25) is 0 Å². The van der Waals surface area contributed by atoms with E-state index in [1.807, 2.05) is 6.92 Å². The van der Waals surface area contributed by atoms with E-state index in [9.17, 15) is 0 Å². The molecule has 3 heteroatoms. The first-order valence-electron chi connectivity index (χ1n) is 3.85. The normalized spacial score (nSPS) is 9.08. The summed E-state index contributed by atoms with van der Waals surface area (Å²) in [5.74, 6) is 1.28. The van der Waals surface area contributed by atoms with E-state index in [2.05, 4.69) is 6.07 Å². The lowest BCUT2D eigenvalue weighted by atomic mass is 10.1. The molecule has 0 aliphatic rings. The van der Waals surface area contributed by atoms with Gasteiger partial charge in [0.2, 0.25) is 0 Å². The van der Waals surface area contributed by atoms with Crippen LogP contribution < -0.4 is 9.47 Å². The van der Waals surface area contributed by atoms with Crippen LogP contribution in [0.5, 0.6) is 11.5 Å². The molecular weight excluding hydrogens is 166 g/mol. The molecule has 0 saturated carbocycles. The van der Waals surface area contributed by atoms with Crippen molar-refractivity contribution in [1.82, 2.24) is 0 Å². The molecule has 0 spiro atoms. The lowest BCUT2D eigenvalue weighted by Crippen LogP contribution is -1.93. The molecule has 0 radical (unpaired) electrons. The highest BCUT2D eigenvalue weighted by Gasteiger charge is 2.07. The van der Waals surface area contributed by atoms with Crippen LogP contribution in [0, 0.1) is 18.3 Å². The Morgan fingerprint density at radius 3 is 2.23 bits per heavy atom. The minimum Gasteiger partial charge on any atom is -0.496 e. The Balaban J connectivity index is 3.28. The first kappa shape index (κ1) is 9.40. The Labute approximate surface area is 77.5 Å². The number of methoxy groups -OCH3 is 2. The third-order valence-electron chi connectivity index (χ3n) is 1.84. The van der Waals surface area contributed by atoms with Gasteiger partial charge < -0.3 is 9.47 Å². The summed E-state index contributed by atoms with van der Waals surface area (Å²) in [7, 11) is 3.12. The molecule has 0 saturated heterocycles. The van der Waals surface area contributed by atoms with Crippen LogP contribution in [0.4, 0.5) is 0 Å². The number of hydrogen-bond donors (Lipinski definition) is 0. The second-order valence-corrected chi connectivity index (χ2v) is 2.63. The highest BCUT2D eigenvalue weighted by Crippen LogP contribution is 2.27. The summed E-state index contributed by atoms with van der Waals surface area (Å²) in [6, 6.07) is 5.52. The van der Waals surface area contributed by atoms with Crippen LogP contribution in [0.3, 0.4) is 0 Å². The van der Waals surface area contributed by atoms with Crippen molar-refractivity contribution in [3.63, 3.8) is 0 Å². The van der Waals surface area contributed by atoms with Crippen molar-refractivity contribution >= 4 is 0 Å². The maximum atomic E-state index is 8.77. The Morgan fingerprint density at radius 1 is 1.15 bits per heavy atom. The number of aryl methyl sites for hydroxylation is 1. The van der Waals surface area contributed by atoms with Crippen molar-refractivity contribution in [3.05, 3.63) is 23.3 Å². The Bertz CT molecular complexity index is 353. The highest BCUT2D eigenvalue weighted by molar-refractivity contribution is 5.51. The minimum absolute atomic E-state index is 0.529. The van der Waals surface area contributed by atoms with Crippen LogP contribution in [0.2, 0.25) is 0 Å². The molecule has 0 atom stereocenters. The van der Waals surface area contributed by atoms with Gasteiger partial charge in [-0.2, -0.15) is 5.26 Å². The lowest BCUT2D eigenvalue weighted by molar-refractivity contribution is 0.391. The number of benzene rings is 1. The van der Waals surface area contributed by atoms with Gasteiger partial charge in [0.1, 0.15) is 17.6 Å². The molecule has 1 aromatic rings. The minimum atomic E-state index is 0.529. The van der Waals surface area contributed by atoms with E-state index < -0.39 is 0 Å². The number of hydrogen-bond acceptors (Lipinski definition) is 3. The Morgan fingerprint density at radius 2 is 1.77 bits per heavy atom. The number of rotatable bonds is 2. The molecule has 1 rings (SSSR count). The van der Waals surface area contributed by atoms with Crippen LogP contribution in [0.25, 0.3) is 0 Å². The van der Waals surface area contributed by atoms with Gasteiger partial charge in [0.15, 0.2) is 0 Å². The second-order valence-electron chi connectivity index (χ2n) is 2.63. The van der Waals surface area contributed by atoms with Gasteiger partial charge in [0.05, 0.1) is 19.8 Å². The summed E-state index contributed by atoms with van der Waals surface area (Å²) < 4.78 is 10.1. The quantitative estimate of drug-likeness (QED) is 0.692. The van der Waals surface area contributed by atoms with Crippen LogP contribution in [0.1, 0.15) is 11.1 Å². The average molecular weight is 177 g/mol. The van der Waals surface area contributed by atoms with Crippen LogP contribution in [0.15, 0.2) is 12.1 Å². The van der Waals surface area contributed by atoms with Crippen LogP contribution in [-0.2, 0) is 0 Å². The molecular formula is C10H11NO2. The zero-order valence-corrected chi connectivity index (χ0v) is 7.92. The van der Waals surface area contributed by atoms with E-state index >= 15 is 0 Å². The fourth-order valence-corrected chi connectivity index (χ4v) is 1.15. The van der Waals surface area contributed by atoms with Gasteiger partial charge in [0.25, 0.3) is 0 Å². The summed E-state index contributed by atoms with van der Waals surface area (Å²) in [5.41, 5.74) is 1.46. The van der Waals surface area contributed by atoms with Crippen molar-refractivity contribution in [2.24, 2.45) is 0 Å². The number of nitriles is 1. The van der Waals surface area contributed by atoms with Crippen molar-refractivity contribution in [2.45, 2.75) is 6.92 Å². The van der Waals surface area contributed by atoms with E-state index in [4.69, 9.17) is 14.7 Å². The molecule has 0 aliphatic carbocycles. The third-order valence-corrected chi connectivity index (χ3v) is 1.84. The summed E-state index contributed by atoms with van der Waals surface area (Å²) in [5, 5.41) is 8.77. The van der Waals surface area contributed by atoms with Crippen molar-refractivity contribution in [2.75, 3.05) is 14.2 Å². The predicted molar refractivity (Wildman–Crippen MR) is 49.0 cm³/mol. The number of nitrogens with zero attached hydrogens (tertiary/aromatic N) is 1. The molecule has 13 heavy (non-hydrogen) atoms. The first-order chi connectivity index (χ1) is 6.22. The zero-order valence-electron chi connectivity index (χ0n) is 7.92. The molecule has 0 aliphatic heterocycles. The summed E-state index contributed by atoms with van der Waals surface area (Å²) in [6.07, 6.45) is 0. The van der Waals surface area contributed by atoms with Gasteiger partial charge in [0, 0.05) is 6.07 Å². The predicted octanol–water partition coefficient (Wildman–Crippen LogP) is 1.88. The fourth-order valence-electron chi connectivity index (χ4n) is 1.15. The third kappa shape index (κ3) is 1.73. The zero-order chi connectivity index (χ0) is 9.84. The van der Waals surface area contributed by atoms with Gasteiger partial charge in [-0.15, -0.1) is 0 Å². The smallest absolute Gasteiger partial charge is 0.140 e. The van der Waals surface area contributed by atoms with Crippen molar-refractivity contribution in [3.8, 4) is 17.6 Å². The monoisotopic (exact) mass is 177 g/mol. The topological polar surface area (TPSA) is 42.2 Å². The summed E-state index contributed by atoms with van der Waals surface area (Å²) in [4.78, 5) is 0. The Hall–Kier alpha value is -1.69. The van der Waals surface area contributed by atoms with E-state index in [0.717, 1.165) is 11.3 Å². The van der Waals surface area contributed by atoms with E-state index in [1.54, 1.807) is 19.2 Å². The van der Waals surface area contributed by atoms with Crippen LogP contribution >= 0.6 is 0 Å². The molecule has 0 aromatic heterocycles. The van der Waals surface area contributed by atoms with Crippen molar-refractivity contribution < 1.29 is 9.47 Å². The number of ether oxygens (including phenoxy) is 2. The first-order valence-corrected chi connectivity index (χ1v) is 3.85. The standard InChI is InChI=1S/C10H11NO2/c1-7-4-8(6-11)10(13-3)5-9(7)12-2/h4-5H,1-3H3. The van der Waals surface area contributed by atoms with Gasteiger partial charge >= 0.3 is 0 Å². The molecule has 0 bridgehead atoms. The largest absolute Gasteiger partial charge is 0.496 e. The van der Waals surface area contributed by atoms with Gasteiger partial charge in [-0.25, -0.2) is 0 Å². The van der Waals surface area contributed by atoms with E-state index in [1.165, 1.54) is 7.11 Å².